The zero-order valence-electron chi connectivity index (χ0n) is 22.8. The quantitative estimate of drug-likeness (QED) is 0.231. The number of aliphatic hydroxyl groups is 3. The molecule has 6 nitrogen and oxygen atoms in total. The zero-order chi connectivity index (χ0) is 26.5. The van der Waals surface area contributed by atoms with Crippen molar-refractivity contribution >= 4 is 11.8 Å². The average Bonchev–Trinajstić information content (AvgIpc) is 3.33. The molecule has 202 valence electrons. The molecule has 0 radical (unpaired) electrons. The van der Waals surface area contributed by atoms with Crippen molar-refractivity contribution in [3.8, 4) is 0 Å². The molecule has 2 unspecified atom stereocenters. The first-order valence-electron chi connectivity index (χ1n) is 14.1. The second-order valence-corrected chi connectivity index (χ2v) is 12.6. The Hall–Kier alpha value is -1.50. The van der Waals surface area contributed by atoms with Gasteiger partial charge < -0.3 is 20.1 Å². The fourth-order valence-electron chi connectivity index (χ4n) is 7.88. The highest BCUT2D eigenvalue weighted by Crippen LogP contribution is 2.71. The number of allylic oxidation sites excluding steroid dienone is 1. The van der Waals surface area contributed by atoms with Gasteiger partial charge in [0.25, 0.3) is 0 Å². The SMILES string of the molecule is CCCCCCCCCC(=O)OCC1=C[C@@H]2C(=O)C3(C=C(C)[C@H](O)[C@@]3(O)[C@@H]1O)[C@H](C)C[C@@H]1C2C1(C)C. The van der Waals surface area contributed by atoms with Crippen molar-refractivity contribution in [1.29, 1.82) is 0 Å². The molecule has 3 N–H and O–H groups in total. The second-order valence-electron chi connectivity index (χ2n) is 12.6. The maximum Gasteiger partial charge on any atom is 0.306 e. The molecule has 4 aliphatic carbocycles. The number of rotatable bonds is 10. The van der Waals surface area contributed by atoms with Crippen LogP contribution in [-0.4, -0.2) is 51.5 Å². The largest absolute Gasteiger partial charge is 0.461 e. The third-order valence-electron chi connectivity index (χ3n) is 10.1. The predicted octanol–water partition coefficient (Wildman–Crippen LogP) is 4.51. The van der Waals surface area contributed by atoms with E-state index in [1.807, 2.05) is 6.92 Å². The first-order valence-corrected chi connectivity index (χ1v) is 14.1. The first-order chi connectivity index (χ1) is 16.9. The van der Waals surface area contributed by atoms with Crippen LogP contribution >= 0.6 is 0 Å². The zero-order valence-corrected chi connectivity index (χ0v) is 22.8. The average molecular weight is 503 g/mol. The Morgan fingerprint density at radius 2 is 1.72 bits per heavy atom. The lowest BCUT2D eigenvalue weighted by molar-refractivity contribution is -0.190. The Labute approximate surface area is 216 Å². The summed E-state index contributed by atoms with van der Waals surface area (Å²) in [5.41, 5.74) is -2.65. The molecule has 2 fully saturated rings. The van der Waals surface area contributed by atoms with Crippen molar-refractivity contribution in [3.63, 3.8) is 0 Å². The monoisotopic (exact) mass is 502 g/mol. The summed E-state index contributed by atoms with van der Waals surface area (Å²) in [7, 11) is 0. The first kappa shape index (κ1) is 27.5. The number of aliphatic hydroxyl groups excluding tert-OH is 2. The van der Waals surface area contributed by atoms with E-state index in [9.17, 15) is 24.9 Å². The van der Waals surface area contributed by atoms with Gasteiger partial charge in [-0.2, -0.15) is 0 Å². The Morgan fingerprint density at radius 3 is 2.39 bits per heavy atom. The Morgan fingerprint density at radius 1 is 1.08 bits per heavy atom. The molecule has 8 atom stereocenters. The van der Waals surface area contributed by atoms with Crippen LogP contribution < -0.4 is 0 Å². The maximum absolute atomic E-state index is 14.2. The Kier molecular flexibility index (Phi) is 7.64. The smallest absolute Gasteiger partial charge is 0.306 e. The van der Waals surface area contributed by atoms with Crippen LogP contribution in [0.15, 0.2) is 23.3 Å². The van der Waals surface area contributed by atoms with Crippen LogP contribution in [0.4, 0.5) is 0 Å². The molecule has 4 rings (SSSR count). The molecule has 0 aromatic heterocycles. The third-order valence-corrected chi connectivity index (χ3v) is 10.1. The summed E-state index contributed by atoms with van der Waals surface area (Å²) in [5.74, 6) is -0.785. The molecule has 6 heteroatoms. The number of ketones is 1. The molecule has 0 aromatic rings. The molecule has 4 aliphatic rings. The van der Waals surface area contributed by atoms with Crippen molar-refractivity contribution < 1.29 is 29.6 Å². The van der Waals surface area contributed by atoms with E-state index in [1.165, 1.54) is 25.7 Å². The predicted molar refractivity (Wildman–Crippen MR) is 138 cm³/mol. The topological polar surface area (TPSA) is 104 Å². The minimum absolute atomic E-state index is 0.0188. The van der Waals surface area contributed by atoms with Crippen molar-refractivity contribution in [2.24, 2.45) is 34.5 Å². The van der Waals surface area contributed by atoms with Gasteiger partial charge in [0.15, 0.2) is 5.78 Å². The summed E-state index contributed by atoms with van der Waals surface area (Å²) in [6.07, 6.45) is 9.39. The van der Waals surface area contributed by atoms with Crippen molar-refractivity contribution in [1.82, 2.24) is 0 Å². The van der Waals surface area contributed by atoms with Gasteiger partial charge >= 0.3 is 5.97 Å². The number of fused-ring (bicyclic) bond motifs is 3. The summed E-state index contributed by atoms with van der Waals surface area (Å²) in [6.45, 7) is 10.0. The number of hydrogen-bond acceptors (Lipinski definition) is 6. The Bertz CT molecular complexity index is 934. The molecule has 36 heavy (non-hydrogen) atoms. The minimum Gasteiger partial charge on any atom is -0.461 e. The number of hydrogen-bond donors (Lipinski definition) is 3. The molecule has 0 aromatic carbocycles. The van der Waals surface area contributed by atoms with Gasteiger partial charge in [0.1, 0.15) is 24.4 Å². The molecule has 0 aliphatic heterocycles. The van der Waals surface area contributed by atoms with Crippen LogP contribution in [0, 0.1) is 34.5 Å². The lowest BCUT2D eigenvalue weighted by atomic mass is 9.59. The van der Waals surface area contributed by atoms with Crippen LogP contribution in [0.3, 0.4) is 0 Å². The van der Waals surface area contributed by atoms with Gasteiger partial charge in [-0.15, -0.1) is 0 Å². The highest BCUT2D eigenvalue weighted by Gasteiger charge is 2.75. The van der Waals surface area contributed by atoms with Gasteiger partial charge in [-0.25, -0.2) is 0 Å². The van der Waals surface area contributed by atoms with Crippen molar-refractivity contribution in [2.75, 3.05) is 6.61 Å². The van der Waals surface area contributed by atoms with Crippen molar-refractivity contribution in [3.05, 3.63) is 23.3 Å². The van der Waals surface area contributed by atoms with E-state index in [4.69, 9.17) is 4.74 Å². The third kappa shape index (κ3) is 4.12. The molecule has 0 saturated heterocycles. The summed E-state index contributed by atoms with van der Waals surface area (Å²) in [4.78, 5) is 26.7. The van der Waals surface area contributed by atoms with Crippen molar-refractivity contribution in [2.45, 2.75) is 110 Å². The maximum atomic E-state index is 14.2. The van der Waals surface area contributed by atoms with Gasteiger partial charge in [0.05, 0.1) is 5.41 Å². The highest BCUT2D eigenvalue weighted by molar-refractivity contribution is 5.95. The molecule has 2 saturated carbocycles. The summed E-state index contributed by atoms with van der Waals surface area (Å²) >= 11 is 0. The van der Waals surface area contributed by atoms with Gasteiger partial charge in [-0.05, 0) is 54.1 Å². The van der Waals surface area contributed by atoms with Crippen LogP contribution in [0.5, 0.6) is 0 Å². The summed E-state index contributed by atoms with van der Waals surface area (Å²) in [5, 5.41) is 34.7. The van der Waals surface area contributed by atoms with E-state index in [2.05, 4.69) is 20.8 Å². The molecule has 1 spiro atoms. The lowest BCUT2D eigenvalue weighted by Crippen LogP contribution is -2.65. The normalized spacial score (nSPS) is 40.4. The number of Topliss-reactive ketones (excluding diaryl/α,β-unsaturated/α-hetero) is 1. The molecule has 0 amide bonds. The fourth-order valence-corrected chi connectivity index (χ4v) is 7.88. The number of carbonyl (C=O) groups is 2. The van der Waals surface area contributed by atoms with E-state index in [0.717, 1.165) is 25.7 Å². The minimum atomic E-state index is -2.08. The van der Waals surface area contributed by atoms with Gasteiger partial charge in [-0.1, -0.05) is 78.4 Å². The summed E-state index contributed by atoms with van der Waals surface area (Å²) < 4.78 is 5.56. The van der Waals surface area contributed by atoms with Gasteiger partial charge in [-0.3, -0.25) is 9.59 Å². The van der Waals surface area contributed by atoms with Crippen LogP contribution in [0.25, 0.3) is 0 Å². The van der Waals surface area contributed by atoms with Crippen LogP contribution in [0.1, 0.15) is 92.4 Å². The number of esters is 1. The van der Waals surface area contributed by atoms with E-state index in [-0.39, 0.29) is 35.6 Å². The molecule has 0 heterocycles. The lowest BCUT2D eigenvalue weighted by Gasteiger charge is -2.48. The molecule has 2 bridgehead atoms. The van der Waals surface area contributed by atoms with Gasteiger partial charge in [0, 0.05) is 12.3 Å². The number of carbonyl (C=O) groups excluding carboxylic acids is 2. The van der Waals surface area contributed by atoms with Crippen LogP contribution in [-0.2, 0) is 14.3 Å². The molecular formula is C30H46O6. The van der Waals surface area contributed by atoms with Gasteiger partial charge in [0.2, 0.25) is 0 Å². The van der Waals surface area contributed by atoms with E-state index in [1.54, 1.807) is 19.1 Å². The van der Waals surface area contributed by atoms with E-state index in [0.29, 0.717) is 23.5 Å². The fraction of sp³-hybridized carbons (Fsp3) is 0.800. The standard InChI is InChI=1S/C30H46O6/c1-6-7-8-9-10-11-12-13-23(31)36-17-20-15-21-24-22(28(24,4)5)14-19(3)29(27(21)34)16-18(2)25(32)30(29,35)26(20)33/h15-16,19,21-22,24-26,32-33,35H,6-14,17H2,1-5H3/t19-,21+,22-,24?,25+,26-,29?,30-/m1/s1. The van der Waals surface area contributed by atoms with E-state index < -0.39 is 29.1 Å². The Balaban J connectivity index is 1.52. The number of ether oxygens (including phenoxy) is 1. The molecular weight excluding hydrogens is 456 g/mol. The summed E-state index contributed by atoms with van der Waals surface area (Å²) in [6, 6.07) is 0. The van der Waals surface area contributed by atoms with E-state index >= 15 is 0 Å². The second kappa shape index (κ2) is 9.99. The van der Waals surface area contributed by atoms with Crippen LogP contribution in [0.2, 0.25) is 0 Å². The highest BCUT2D eigenvalue weighted by atomic mass is 16.5. The number of unbranched alkanes of at least 4 members (excludes halogenated alkanes) is 6.